The molecule has 2 heteroatoms. The lowest BCUT2D eigenvalue weighted by Crippen LogP contribution is -2.28. The van der Waals surface area contributed by atoms with Gasteiger partial charge in [-0.05, 0) is 114 Å². The highest BCUT2D eigenvalue weighted by atomic mass is 16.3. The maximum atomic E-state index is 6.85. The highest BCUT2D eigenvalue weighted by Crippen LogP contribution is 2.60. The van der Waals surface area contributed by atoms with Gasteiger partial charge in [-0.1, -0.05) is 206 Å². The summed E-state index contributed by atoms with van der Waals surface area (Å²) in [5.41, 5.74) is 16.5. The quantitative estimate of drug-likeness (QED) is 0.159. The van der Waals surface area contributed by atoms with Crippen molar-refractivity contribution in [2.75, 3.05) is 4.90 Å². The van der Waals surface area contributed by atoms with Crippen LogP contribution in [-0.4, -0.2) is 0 Å². The van der Waals surface area contributed by atoms with Crippen LogP contribution in [0.2, 0.25) is 0 Å². The van der Waals surface area contributed by atoms with E-state index >= 15 is 0 Å². The lowest BCUT2D eigenvalue weighted by atomic mass is 9.68. The van der Waals surface area contributed by atoms with E-state index < -0.39 is 5.41 Å². The third kappa shape index (κ3) is 5.67. The van der Waals surface area contributed by atoms with E-state index in [1.54, 1.807) is 0 Å². The Kier molecular flexibility index (Phi) is 8.47. The normalized spacial score (nSPS) is 12.7. The molecule has 1 heterocycles. The van der Waals surface area contributed by atoms with Crippen molar-refractivity contribution in [2.24, 2.45) is 0 Å². The fraction of sp³-hybridized carbons (Fsp3) is 0.0159. The Morgan fingerprint density at radius 3 is 1.68 bits per heavy atom. The molecule has 0 fully saturated rings. The monoisotopic (exact) mass is 827 g/mol. The Morgan fingerprint density at radius 1 is 0.338 bits per heavy atom. The maximum Gasteiger partial charge on any atom is 0.159 e. The average molecular weight is 828 g/mol. The maximum absolute atomic E-state index is 6.85. The molecule has 0 spiro atoms. The summed E-state index contributed by atoms with van der Waals surface area (Å²) in [7, 11) is 0. The van der Waals surface area contributed by atoms with Gasteiger partial charge in [0.05, 0.1) is 16.8 Å². The van der Waals surface area contributed by atoms with Gasteiger partial charge in [-0.2, -0.15) is 0 Å². The Hall–Kier alpha value is -8.46. The summed E-state index contributed by atoms with van der Waals surface area (Å²) in [6.45, 7) is 0. The average Bonchev–Trinajstić information content (AvgIpc) is 3.92. The summed E-state index contributed by atoms with van der Waals surface area (Å²) >= 11 is 0. The Labute approximate surface area is 377 Å². The zero-order valence-electron chi connectivity index (χ0n) is 35.5. The minimum Gasteiger partial charge on any atom is -0.454 e. The van der Waals surface area contributed by atoms with Crippen LogP contribution in [0, 0.1) is 0 Å². The minimum atomic E-state index is -0.538. The fourth-order valence-corrected chi connectivity index (χ4v) is 10.9. The highest BCUT2D eigenvalue weighted by Gasteiger charge is 2.47. The van der Waals surface area contributed by atoms with Crippen molar-refractivity contribution in [3.8, 4) is 33.4 Å². The summed E-state index contributed by atoms with van der Waals surface area (Å²) in [4.78, 5) is 2.43. The molecule has 1 aliphatic carbocycles. The first-order chi connectivity index (χ1) is 32.3. The SMILES string of the molecule is c1ccc(C2(c3ccccc3)c3ccccc3-c3c(N(c4ccc(-c5cc(-c6cccc7ccccc67)c6ccccc6c5)cc4)c4cccc5c4oc4ccccc45)cccc32)cc1. The van der Waals surface area contributed by atoms with Gasteiger partial charge in [0.25, 0.3) is 0 Å². The smallest absolute Gasteiger partial charge is 0.159 e. The second kappa shape index (κ2) is 14.8. The summed E-state index contributed by atoms with van der Waals surface area (Å²) in [5, 5.41) is 7.15. The van der Waals surface area contributed by atoms with Crippen LogP contribution in [0.1, 0.15) is 22.3 Å². The molecular weight excluding hydrogens is 787 g/mol. The van der Waals surface area contributed by atoms with Gasteiger partial charge in [0.1, 0.15) is 5.58 Å². The molecule has 0 N–H and O–H groups in total. The number of benzene rings is 11. The van der Waals surface area contributed by atoms with E-state index in [1.807, 2.05) is 6.07 Å². The van der Waals surface area contributed by atoms with Crippen molar-refractivity contribution in [3.63, 3.8) is 0 Å². The van der Waals surface area contributed by atoms with Crippen molar-refractivity contribution in [2.45, 2.75) is 5.41 Å². The first kappa shape index (κ1) is 37.1. The Morgan fingerprint density at radius 2 is 0.892 bits per heavy atom. The lowest BCUT2D eigenvalue weighted by molar-refractivity contribution is 0.669. The van der Waals surface area contributed by atoms with Gasteiger partial charge in [0.2, 0.25) is 0 Å². The van der Waals surface area contributed by atoms with Crippen molar-refractivity contribution in [3.05, 3.63) is 271 Å². The molecule has 0 bridgehead atoms. The number of furan rings is 1. The molecule has 0 radical (unpaired) electrons. The van der Waals surface area contributed by atoms with Gasteiger partial charge in [-0.15, -0.1) is 0 Å². The fourth-order valence-electron chi connectivity index (χ4n) is 10.9. The predicted molar refractivity (Wildman–Crippen MR) is 272 cm³/mol. The van der Waals surface area contributed by atoms with E-state index in [4.69, 9.17) is 4.42 Å². The Bertz CT molecular complexity index is 3730. The topological polar surface area (TPSA) is 16.4 Å². The number of hydrogen-bond acceptors (Lipinski definition) is 2. The van der Waals surface area contributed by atoms with E-state index in [0.717, 1.165) is 44.6 Å². The van der Waals surface area contributed by atoms with Gasteiger partial charge in [-0.25, -0.2) is 0 Å². The third-order valence-corrected chi connectivity index (χ3v) is 13.7. The standard InChI is InChI=1S/C63H41NO/c1-3-21-46(22-4-1)63(47-23-5-2-6-24-47)56-31-13-11-28-54(56)61-57(63)32-17-33-58(61)64(59-34-16-30-53-52-27-12-14-35-60(52)65-62(53)59)48-38-36-42(37-39-48)45-40-44-19-8-10-26-50(44)55(41-45)51-29-15-20-43-18-7-9-25-49(43)51/h1-41H. The molecule has 1 aromatic heterocycles. The van der Waals surface area contributed by atoms with E-state index in [-0.39, 0.29) is 0 Å². The van der Waals surface area contributed by atoms with Crippen LogP contribution in [0.25, 0.3) is 76.9 Å². The van der Waals surface area contributed by atoms with Crippen LogP contribution in [0.5, 0.6) is 0 Å². The second-order valence-electron chi connectivity index (χ2n) is 17.1. The molecule has 0 saturated heterocycles. The van der Waals surface area contributed by atoms with Crippen molar-refractivity contribution in [1.29, 1.82) is 0 Å². The van der Waals surface area contributed by atoms with Crippen LogP contribution in [0.3, 0.4) is 0 Å². The molecule has 13 rings (SSSR count). The highest BCUT2D eigenvalue weighted by molar-refractivity contribution is 6.12. The van der Waals surface area contributed by atoms with E-state index in [9.17, 15) is 0 Å². The van der Waals surface area contributed by atoms with Crippen LogP contribution >= 0.6 is 0 Å². The van der Waals surface area contributed by atoms with Gasteiger partial charge in [-0.3, -0.25) is 0 Å². The molecule has 0 aliphatic heterocycles. The molecule has 0 amide bonds. The predicted octanol–water partition coefficient (Wildman–Crippen LogP) is 17.1. The van der Waals surface area contributed by atoms with Gasteiger partial charge < -0.3 is 9.32 Å². The number of para-hydroxylation sites is 2. The molecule has 12 aromatic rings. The molecule has 0 atom stereocenters. The molecule has 65 heavy (non-hydrogen) atoms. The van der Waals surface area contributed by atoms with E-state index in [0.29, 0.717) is 0 Å². The molecule has 0 unspecified atom stereocenters. The Balaban J connectivity index is 1.05. The van der Waals surface area contributed by atoms with E-state index in [1.165, 1.54) is 71.6 Å². The third-order valence-electron chi connectivity index (χ3n) is 13.7. The summed E-state index contributed by atoms with van der Waals surface area (Å²) in [6, 6.07) is 90.8. The second-order valence-corrected chi connectivity index (χ2v) is 17.1. The van der Waals surface area contributed by atoms with Gasteiger partial charge >= 0.3 is 0 Å². The summed E-state index contributed by atoms with van der Waals surface area (Å²) < 4.78 is 6.85. The zero-order valence-corrected chi connectivity index (χ0v) is 35.5. The van der Waals surface area contributed by atoms with E-state index in [2.05, 4.69) is 248 Å². The first-order valence-electron chi connectivity index (χ1n) is 22.4. The minimum absolute atomic E-state index is 0.538. The molecular formula is C63H41NO. The van der Waals surface area contributed by atoms with Crippen LogP contribution in [-0.2, 0) is 5.41 Å². The largest absolute Gasteiger partial charge is 0.454 e. The molecule has 2 nitrogen and oxygen atoms in total. The van der Waals surface area contributed by atoms with Crippen molar-refractivity contribution in [1.82, 2.24) is 0 Å². The molecule has 1 aliphatic rings. The van der Waals surface area contributed by atoms with Gasteiger partial charge in [0, 0.05) is 22.0 Å². The number of nitrogens with zero attached hydrogens (tertiary/aromatic N) is 1. The molecule has 11 aromatic carbocycles. The molecule has 0 saturated carbocycles. The first-order valence-corrected chi connectivity index (χ1v) is 22.4. The zero-order chi connectivity index (χ0) is 42.9. The van der Waals surface area contributed by atoms with Crippen LogP contribution in [0.15, 0.2) is 253 Å². The van der Waals surface area contributed by atoms with Crippen molar-refractivity contribution >= 4 is 60.5 Å². The lowest BCUT2D eigenvalue weighted by Gasteiger charge is -2.34. The van der Waals surface area contributed by atoms with Gasteiger partial charge in [0.15, 0.2) is 5.58 Å². The number of rotatable bonds is 7. The number of hydrogen-bond donors (Lipinski definition) is 0. The molecule has 304 valence electrons. The van der Waals surface area contributed by atoms with Crippen molar-refractivity contribution < 1.29 is 4.42 Å². The summed E-state index contributed by atoms with van der Waals surface area (Å²) in [5.74, 6) is 0. The summed E-state index contributed by atoms with van der Waals surface area (Å²) in [6.07, 6.45) is 0. The van der Waals surface area contributed by atoms with Crippen LogP contribution < -0.4 is 4.90 Å². The number of anilines is 3. The number of fused-ring (bicyclic) bond motifs is 8. The van der Waals surface area contributed by atoms with Crippen LogP contribution in [0.4, 0.5) is 17.1 Å².